The van der Waals surface area contributed by atoms with Crippen molar-refractivity contribution >= 4 is 23.5 Å². The number of carbonyl (C=O) groups is 1. The molecule has 0 bridgehead atoms. The van der Waals surface area contributed by atoms with E-state index in [9.17, 15) is 9.18 Å². The molecule has 0 radical (unpaired) electrons. The maximum Gasteiger partial charge on any atom is 0.281 e. The summed E-state index contributed by atoms with van der Waals surface area (Å²) in [6, 6.07) is 9.75. The Balaban J connectivity index is 1.70. The maximum absolute atomic E-state index is 13.0. The summed E-state index contributed by atoms with van der Waals surface area (Å²) >= 11 is 1.33. The van der Waals surface area contributed by atoms with E-state index in [0.29, 0.717) is 4.88 Å². The molecule has 2 heterocycles. The van der Waals surface area contributed by atoms with E-state index in [1.54, 1.807) is 29.1 Å². The smallest absolute Gasteiger partial charge is 0.272 e. The summed E-state index contributed by atoms with van der Waals surface area (Å²) in [5.74, 6) is -0.567. The van der Waals surface area contributed by atoms with Crippen LogP contribution in [-0.4, -0.2) is 21.9 Å². The third-order valence-electron chi connectivity index (χ3n) is 3.88. The lowest BCUT2D eigenvalue weighted by Gasteiger charge is -1.98. The van der Waals surface area contributed by atoms with Crippen molar-refractivity contribution in [1.82, 2.24) is 15.2 Å². The van der Waals surface area contributed by atoms with Crippen molar-refractivity contribution in [3.8, 4) is 10.4 Å². The lowest BCUT2D eigenvalue weighted by atomic mass is 10.2. The number of nitrogens with zero attached hydrogens (tertiary/aromatic N) is 3. The Morgan fingerprint density at radius 2 is 1.96 bits per heavy atom. The van der Waals surface area contributed by atoms with Gasteiger partial charge in [-0.2, -0.15) is 10.2 Å². The number of hydrogen-bond acceptors (Lipinski definition) is 4. The van der Waals surface area contributed by atoms with Crippen LogP contribution in [0.25, 0.3) is 10.4 Å². The predicted octanol–water partition coefficient (Wildman–Crippen LogP) is 3.67. The van der Waals surface area contributed by atoms with Gasteiger partial charge in [0, 0.05) is 23.2 Å². The van der Waals surface area contributed by atoms with Crippen molar-refractivity contribution in [2.75, 3.05) is 0 Å². The monoisotopic (exact) mass is 356 g/mol. The number of nitrogens with one attached hydrogen (secondary N) is 1. The molecule has 0 aliphatic heterocycles. The van der Waals surface area contributed by atoms with E-state index in [2.05, 4.69) is 15.6 Å². The fraction of sp³-hybridized carbons (Fsp3) is 0.167. The first-order chi connectivity index (χ1) is 12.0. The van der Waals surface area contributed by atoms with Crippen molar-refractivity contribution in [3.63, 3.8) is 0 Å². The standard InChI is InChI=1S/C18H17FN4OS/c1-11-15(12(2)23(3)22-11)10-20-21-18(24)17-9-8-16(25-17)13-4-6-14(19)7-5-13/h4-10H,1-3H3,(H,21,24)/b20-10-. The highest BCUT2D eigenvalue weighted by molar-refractivity contribution is 7.17. The zero-order valence-electron chi connectivity index (χ0n) is 14.1. The number of benzene rings is 1. The van der Waals surface area contributed by atoms with E-state index < -0.39 is 0 Å². The fourth-order valence-corrected chi connectivity index (χ4v) is 3.32. The second-order valence-electron chi connectivity index (χ2n) is 5.58. The molecule has 0 saturated carbocycles. The number of hydrogen-bond donors (Lipinski definition) is 1. The molecule has 7 heteroatoms. The Morgan fingerprint density at radius 1 is 1.24 bits per heavy atom. The highest BCUT2D eigenvalue weighted by Gasteiger charge is 2.10. The Labute approximate surface area is 148 Å². The molecule has 128 valence electrons. The first kappa shape index (κ1) is 17.0. The molecule has 0 aliphatic carbocycles. The summed E-state index contributed by atoms with van der Waals surface area (Å²) in [6.45, 7) is 3.84. The van der Waals surface area contributed by atoms with Gasteiger partial charge in [0.25, 0.3) is 5.91 Å². The van der Waals surface area contributed by atoms with Crippen LogP contribution in [0.5, 0.6) is 0 Å². The van der Waals surface area contributed by atoms with Crippen LogP contribution in [0, 0.1) is 19.7 Å². The first-order valence-corrected chi connectivity index (χ1v) is 8.46. The minimum atomic E-state index is -0.284. The molecule has 2 aromatic heterocycles. The molecule has 1 amide bonds. The SMILES string of the molecule is Cc1nn(C)c(C)c1/C=N\NC(=O)c1ccc(-c2ccc(F)cc2)s1. The van der Waals surface area contributed by atoms with Gasteiger partial charge in [-0.15, -0.1) is 11.3 Å². The van der Waals surface area contributed by atoms with Crippen LogP contribution in [-0.2, 0) is 7.05 Å². The Kier molecular flexibility index (Phi) is 4.76. The molecule has 0 saturated heterocycles. The van der Waals surface area contributed by atoms with Crippen molar-refractivity contribution in [2.24, 2.45) is 12.1 Å². The summed E-state index contributed by atoms with van der Waals surface area (Å²) in [5, 5.41) is 8.32. The zero-order valence-corrected chi connectivity index (χ0v) is 14.9. The summed E-state index contributed by atoms with van der Waals surface area (Å²) in [5.41, 5.74) is 6.12. The Hall–Kier alpha value is -2.80. The largest absolute Gasteiger partial charge is 0.281 e. The molecule has 5 nitrogen and oxygen atoms in total. The van der Waals surface area contributed by atoms with E-state index in [4.69, 9.17) is 0 Å². The number of thiophene rings is 1. The predicted molar refractivity (Wildman–Crippen MR) is 97.5 cm³/mol. The molecule has 3 aromatic rings. The Morgan fingerprint density at radius 3 is 2.60 bits per heavy atom. The molecule has 0 spiro atoms. The second kappa shape index (κ2) is 6.98. The number of aromatic nitrogens is 2. The average molecular weight is 356 g/mol. The number of aryl methyl sites for hydroxylation is 2. The van der Waals surface area contributed by atoms with Crippen LogP contribution in [0.4, 0.5) is 4.39 Å². The summed E-state index contributed by atoms with van der Waals surface area (Å²) in [7, 11) is 1.86. The molecule has 1 N–H and O–H groups in total. The average Bonchev–Trinajstić information content (AvgIpc) is 3.16. The van der Waals surface area contributed by atoms with Gasteiger partial charge in [-0.1, -0.05) is 12.1 Å². The second-order valence-corrected chi connectivity index (χ2v) is 6.66. The van der Waals surface area contributed by atoms with Crippen LogP contribution < -0.4 is 5.43 Å². The molecule has 0 atom stereocenters. The lowest BCUT2D eigenvalue weighted by molar-refractivity contribution is 0.0959. The van der Waals surface area contributed by atoms with Crippen LogP contribution in [0.1, 0.15) is 26.6 Å². The van der Waals surface area contributed by atoms with Gasteiger partial charge in [0.1, 0.15) is 5.82 Å². The van der Waals surface area contributed by atoms with Gasteiger partial charge in [0.15, 0.2) is 0 Å². The van der Waals surface area contributed by atoms with Crippen LogP contribution >= 0.6 is 11.3 Å². The van der Waals surface area contributed by atoms with Crippen molar-refractivity contribution in [3.05, 3.63) is 64.0 Å². The van der Waals surface area contributed by atoms with Gasteiger partial charge >= 0.3 is 0 Å². The molecule has 25 heavy (non-hydrogen) atoms. The fourth-order valence-electron chi connectivity index (χ4n) is 2.42. The molecule has 0 fully saturated rings. The molecular weight excluding hydrogens is 339 g/mol. The number of amides is 1. The normalized spacial score (nSPS) is 11.2. The van der Waals surface area contributed by atoms with Gasteiger partial charge in [0.05, 0.1) is 16.8 Å². The Bertz CT molecular complexity index is 941. The maximum atomic E-state index is 13.0. The number of hydrazone groups is 1. The summed E-state index contributed by atoms with van der Waals surface area (Å²) in [6.07, 6.45) is 1.60. The van der Waals surface area contributed by atoms with E-state index >= 15 is 0 Å². The van der Waals surface area contributed by atoms with Crippen LogP contribution in [0.2, 0.25) is 0 Å². The van der Waals surface area contributed by atoms with Crippen LogP contribution in [0.15, 0.2) is 41.5 Å². The van der Waals surface area contributed by atoms with E-state index in [1.165, 1.54) is 23.5 Å². The minimum Gasteiger partial charge on any atom is -0.272 e. The van der Waals surface area contributed by atoms with Crippen molar-refractivity contribution < 1.29 is 9.18 Å². The molecule has 0 aliphatic rings. The van der Waals surface area contributed by atoms with E-state index in [-0.39, 0.29) is 11.7 Å². The minimum absolute atomic E-state index is 0.284. The van der Waals surface area contributed by atoms with Crippen molar-refractivity contribution in [1.29, 1.82) is 0 Å². The van der Waals surface area contributed by atoms with Crippen molar-refractivity contribution in [2.45, 2.75) is 13.8 Å². The topological polar surface area (TPSA) is 59.3 Å². The van der Waals surface area contributed by atoms with Gasteiger partial charge in [-0.3, -0.25) is 9.48 Å². The van der Waals surface area contributed by atoms with Gasteiger partial charge in [-0.25, -0.2) is 9.82 Å². The molecule has 1 aromatic carbocycles. The van der Waals surface area contributed by atoms with Crippen LogP contribution in [0.3, 0.4) is 0 Å². The van der Waals surface area contributed by atoms with E-state index in [0.717, 1.165) is 27.4 Å². The lowest BCUT2D eigenvalue weighted by Crippen LogP contribution is -2.16. The third-order valence-corrected chi connectivity index (χ3v) is 5.02. The highest BCUT2D eigenvalue weighted by atomic mass is 32.1. The molecular formula is C18H17FN4OS. The number of halogens is 1. The summed E-state index contributed by atoms with van der Waals surface area (Å²) < 4.78 is 14.8. The van der Waals surface area contributed by atoms with Gasteiger partial charge in [-0.05, 0) is 43.7 Å². The quantitative estimate of drug-likeness (QED) is 0.573. The van der Waals surface area contributed by atoms with Gasteiger partial charge in [0.2, 0.25) is 0 Å². The zero-order chi connectivity index (χ0) is 18.0. The summed E-state index contributed by atoms with van der Waals surface area (Å²) in [4.78, 5) is 13.6. The molecule has 0 unspecified atom stereocenters. The number of rotatable bonds is 4. The van der Waals surface area contributed by atoms with E-state index in [1.807, 2.05) is 27.0 Å². The first-order valence-electron chi connectivity index (χ1n) is 7.65. The highest BCUT2D eigenvalue weighted by Crippen LogP contribution is 2.28. The molecule has 3 rings (SSSR count). The number of carbonyl (C=O) groups excluding carboxylic acids is 1. The van der Waals surface area contributed by atoms with Gasteiger partial charge < -0.3 is 0 Å². The third kappa shape index (κ3) is 3.66.